The van der Waals surface area contributed by atoms with E-state index in [4.69, 9.17) is 9.47 Å². The van der Waals surface area contributed by atoms with Crippen molar-refractivity contribution in [3.05, 3.63) is 89.2 Å². The number of carbonyl (C=O) groups is 2. The normalized spacial score (nSPS) is 18.2. The van der Waals surface area contributed by atoms with Crippen LogP contribution in [0.4, 0.5) is 14.9 Å². The number of fused-ring (bicyclic) bond motifs is 1. The molecule has 0 spiro atoms. The number of ether oxygens (including phenoxy) is 2. The van der Waals surface area contributed by atoms with E-state index in [-0.39, 0.29) is 12.0 Å². The van der Waals surface area contributed by atoms with Gasteiger partial charge < -0.3 is 20.1 Å². The van der Waals surface area contributed by atoms with Gasteiger partial charge in [0.2, 0.25) is 0 Å². The van der Waals surface area contributed by atoms with Gasteiger partial charge in [-0.05, 0) is 41.5 Å². The molecule has 2 aliphatic rings. The number of para-hydroxylation sites is 1. The second-order valence-electron chi connectivity index (χ2n) is 7.59. The van der Waals surface area contributed by atoms with Gasteiger partial charge in [0.15, 0.2) is 0 Å². The molecule has 2 aliphatic heterocycles. The number of alkyl carbamates (subject to hydrolysis) is 1. The molecule has 0 aromatic heterocycles. The van der Waals surface area contributed by atoms with Gasteiger partial charge in [0.25, 0.3) is 5.91 Å². The molecule has 6 nitrogen and oxygen atoms in total. The predicted molar refractivity (Wildman–Crippen MR) is 118 cm³/mol. The van der Waals surface area contributed by atoms with E-state index in [1.807, 2.05) is 42.5 Å². The van der Waals surface area contributed by atoms with Crippen LogP contribution in [0.15, 0.2) is 66.7 Å². The fourth-order valence-corrected chi connectivity index (χ4v) is 3.77. The molecule has 0 radical (unpaired) electrons. The second kappa shape index (κ2) is 8.19. The van der Waals surface area contributed by atoms with Crippen LogP contribution in [0, 0.1) is 5.82 Å². The average Bonchev–Trinajstić information content (AvgIpc) is 3.34. The van der Waals surface area contributed by atoms with E-state index in [0.29, 0.717) is 35.6 Å². The molecule has 1 unspecified atom stereocenters. The third kappa shape index (κ3) is 4.05. The molecule has 160 valence electrons. The minimum atomic E-state index is -0.479. The summed E-state index contributed by atoms with van der Waals surface area (Å²) in [6.07, 6.45) is 1.27. The number of hydrogen-bond acceptors (Lipinski definition) is 4. The minimum Gasteiger partial charge on any atom is -0.457 e. The number of rotatable bonds is 5. The number of halogens is 1. The number of nitrogens with one attached hydrogen (secondary N) is 2. The summed E-state index contributed by atoms with van der Waals surface area (Å²) in [7, 11) is 0. The highest BCUT2D eigenvalue weighted by Crippen LogP contribution is 2.33. The van der Waals surface area contributed by atoms with Gasteiger partial charge in [0, 0.05) is 29.3 Å². The quantitative estimate of drug-likeness (QED) is 0.572. The van der Waals surface area contributed by atoms with Gasteiger partial charge >= 0.3 is 6.09 Å². The van der Waals surface area contributed by atoms with Gasteiger partial charge in [0.1, 0.15) is 23.4 Å². The Kier molecular flexibility index (Phi) is 5.07. The molecule has 1 atom stereocenters. The fourth-order valence-electron chi connectivity index (χ4n) is 3.77. The summed E-state index contributed by atoms with van der Waals surface area (Å²) >= 11 is 0. The number of benzene rings is 3. The molecule has 2 heterocycles. The van der Waals surface area contributed by atoms with E-state index >= 15 is 0 Å². The minimum absolute atomic E-state index is 0.134. The van der Waals surface area contributed by atoms with Gasteiger partial charge in [0.05, 0.1) is 6.54 Å². The van der Waals surface area contributed by atoms with Crippen LogP contribution in [-0.2, 0) is 16.0 Å². The smallest absolute Gasteiger partial charge is 0.407 e. The summed E-state index contributed by atoms with van der Waals surface area (Å²) < 4.78 is 25.3. The number of anilines is 1. The lowest BCUT2D eigenvalue weighted by Crippen LogP contribution is -2.17. The molecule has 32 heavy (non-hydrogen) atoms. The Morgan fingerprint density at radius 2 is 1.81 bits per heavy atom. The van der Waals surface area contributed by atoms with Crippen LogP contribution in [0.2, 0.25) is 0 Å². The summed E-state index contributed by atoms with van der Waals surface area (Å²) in [5.74, 6) is 0.357. The first kappa shape index (κ1) is 19.8. The highest BCUT2D eigenvalue weighted by Gasteiger charge is 2.24. The molecular weight excluding hydrogens is 411 g/mol. The van der Waals surface area contributed by atoms with E-state index in [9.17, 15) is 14.0 Å². The van der Waals surface area contributed by atoms with Crippen LogP contribution in [0.5, 0.6) is 11.5 Å². The summed E-state index contributed by atoms with van der Waals surface area (Å²) in [5.41, 5.74) is 3.58. The van der Waals surface area contributed by atoms with Crippen molar-refractivity contribution in [2.45, 2.75) is 12.5 Å². The molecule has 1 fully saturated rings. The highest BCUT2D eigenvalue weighted by atomic mass is 19.1. The maximum absolute atomic E-state index is 14.5. The summed E-state index contributed by atoms with van der Waals surface area (Å²) in [5, 5.41) is 5.40. The molecular formula is C25H19FN2O4. The number of carbonyl (C=O) groups excluding carboxylic acids is 2. The van der Waals surface area contributed by atoms with Gasteiger partial charge in [-0.15, -0.1) is 0 Å². The Hall–Kier alpha value is -4.13. The van der Waals surface area contributed by atoms with E-state index in [1.165, 1.54) is 6.07 Å². The van der Waals surface area contributed by atoms with Crippen molar-refractivity contribution < 1.29 is 23.5 Å². The summed E-state index contributed by atoms with van der Waals surface area (Å²) in [6.45, 7) is 0.367. The van der Waals surface area contributed by atoms with E-state index in [1.54, 1.807) is 24.3 Å². The molecule has 3 aromatic carbocycles. The molecule has 2 amide bonds. The van der Waals surface area contributed by atoms with Crippen LogP contribution < -0.4 is 15.4 Å². The molecule has 7 heteroatoms. The van der Waals surface area contributed by atoms with Crippen LogP contribution in [0.1, 0.15) is 16.7 Å². The first-order chi connectivity index (χ1) is 15.5. The van der Waals surface area contributed by atoms with Gasteiger partial charge in [-0.1, -0.05) is 36.4 Å². The second-order valence-corrected chi connectivity index (χ2v) is 7.59. The van der Waals surface area contributed by atoms with Crippen LogP contribution in [-0.4, -0.2) is 24.6 Å². The first-order valence-corrected chi connectivity index (χ1v) is 10.2. The SMILES string of the molecule is O=C1NCC(Cc2ccc(Oc3ccc(C=C4C(=O)Nc5ccccc54)cc3)cc2F)O1. The largest absolute Gasteiger partial charge is 0.457 e. The lowest BCUT2D eigenvalue weighted by Gasteiger charge is -2.11. The zero-order valence-electron chi connectivity index (χ0n) is 16.9. The predicted octanol–water partition coefficient (Wildman–Crippen LogP) is 4.76. The Bertz CT molecular complexity index is 1240. The lowest BCUT2D eigenvalue weighted by molar-refractivity contribution is -0.110. The molecule has 5 rings (SSSR count). The van der Waals surface area contributed by atoms with E-state index < -0.39 is 11.9 Å². The van der Waals surface area contributed by atoms with Crippen molar-refractivity contribution >= 4 is 29.3 Å². The molecule has 0 aliphatic carbocycles. The first-order valence-electron chi connectivity index (χ1n) is 10.2. The number of amides is 2. The standard InChI is InChI=1S/C25H19FN2O4/c26-22-13-18(10-7-16(22)12-19-14-27-25(30)32-19)31-17-8-5-15(6-9-17)11-21-20-3-1-2-4-23(20)28-24(21)29/h1-11,13,19H,12,14H2,(H,27,30)(H,28,29). The zero-order chi connectivity index (χ0) is 22.1. The third-order valence-electron chi connectivity index (χ3n) is 5.36. The van der Waals surface area contributed by atoms with Crippen LogP contribution in [0.25, 0.3) is 11.6 Å². The highest BCUT2D eigenvalue weighted by molar-refractivity contribution is 6.34. The average molecular weight is 430 g/mol. The van der Waals surface area contributed by atoms with Crippen LogP contribution in [0.3, 0.4) is 0 Å². The maximum Gasteiger partial charge on any atom is 0.407 e. The topological polar surface area (TPSA) is 76.7 Å². The maximum atomic E-state index is 14.5. The van der Waals surface area contributed by atoms with Gasteiger partial charge in [-0.2, -0.15) is 0 Å². The summed E-state index contributed by atoms with van der Waals surface area (Å²) in [4.78, 5) is 23.4. The summed E-state index contributed by atoms with van der Waals surface area (Å²) in [6, 6.07) is 19.4. The van der Waals surface area contributed by atoms with Crippen molar-refractivity contribution in [3.63, 3.8) is 0 Å². The lowest BCUT2D eigenvalue weighted by atomic mass is 10.0. The Morgan fingerprint density at radius 3 is 2.56 bits per heavy atom. The van der Waals surface area contributed by atoms with Crippen molar-refractivity contribution in [2.75, 3.05) is 11.9 Å². The zero-order valence-corrected chi connectivity index (χ0v) is 16.9. The molecule has 0 saturated carbocycles. The van der Waals surface area contributed by atoms with Crippen molar-refractivity contribution in [3.8, 4) is 11.5 Å². The third-order valence-corrected chi connectivity index (χ3v) is 5.36. The van der Waals surface area contributed by atoms with Crippen molar-refractivity contribution in [1.82, 2.24) is 5.32 Å². The number of cyclic esters (lactones) is 1. The Balaban J connectivity index is 1.28. The van der Waals surface area contributed by atoms with Gasteiger partial charge in [-0.25, -0.2) is 9.18 Å². The van der Waals surface area contributed by atoms with E-state index in [0.717, 1.165) is 16.8 Å². The van der Waals surface area contributed by atoms with Gasteiger partial charge in [-0.3, -0.25) is 4.79 Å². The molecule has 3 aromatic rings. The Morgan fingerprint density at radius 1 is 1.03 bits per heavy atom. The monoisotopic (exact) mass is 430 g/mol. The fraction of sp³-hybridized carbons (Fsp3) is 0.120. The molecule has 2 N–H and O–H groups in total. The van der Waals surface area contributed by atoms with E-state index in [2.05, 4.69) is 10.6 Å². The van der Waals surface area contributed by atoms with Crippen molar-refractivity contribution in [2.24, 2.45) is 0 Å². The molecule has 1 saturated heterocycles. The van der Waals surface area contributed by atoms with Crippen molar-refractivity contribution in [1.29, 1.82) is 0 Å². The molecule has 0 bridgehead atoms. The number of hydrogen-bond donors (Lipinski definition) is 2. The Labute approximate surface area is 183 Å². The van der Waals surface area contributed by atoms with Crippen LogP contribution >= 0.6 is 0 Å².